The summed E-state index contributed by atoms with van der Waals surface area (Å²) in [6, 6.07) is 20.6. The standard InChI is InChI=1S/C20H16BrN3O2/c21-16-8-4-7-15(9-16)19-20(11-22,12-23)18(14-5-2-1-3-6-14)17(24-19)10-26-13-25/h1-9,13,17-19,24H,10H2. The number of carbonyl (C=O) groups excluding carboxylic acids is 1. The Kier molecular flexibility index (Phi) is 5.37. The maximum absolute atomic E-state index is 10.7. The zero-order chi connectivity index (χ0) is 18.6. The molecule has 0 radical (unpaired) electrons. The molecule has 5 nitrogen and oxygen atoms in total. The fourth-order valence-corrected chi connectivity index (χ4v) is 4.14. The SMILES string of the molecule is N#CC1(C#N)C(c2cccc(Br)c2)NC(COC=O)C1c1ccccc1. The van der Waals surface area contributed by atoms with Gasteiger partial charge in [-0.05, 0) is 23.3 Å². The van der Waals surface area contributed by atoms with E-state index in [1.807, 2.05) is 54.6 Å². The minimum absolute atomic E-state index is 0.0820. The zero-order valence-electron chi connectivity index (χ0n) is 13.8. The molecule has 0 bridgehead atoms. The lowest BCUT2D eigenvalue weighted by molar-refractivity contribution is -0.129. The first-order valence-electron chi connectivity index (χ1n) is 8.10. The second-order valence-corrected chi connectivity index (χ2v) is 7.09. The van der Waals surface area contributed by atoms with Gasteiger partial charge in [-0.25, -0.2) is 0 Å². The normalized spacial score (nSPS) is 23.6. The Morgan fingerprint density at radius 3 is 2.42 bits per heavy atom. The highest BCUT2D eigenvalue weighted by Gasteiger charge is 2.57. The predicted octanol–water partition coefficient (Wildman–Crippen LogP) is 3.45. The first-order chi connectivity index (χ1) is 12.7. The number of benzene rings is 2. The van der Waals surface area contributed by atoms with Gasteiger partial charge >= 0.3 is 0 Å². The van der Waals surface area contributed by atoms with Gasteiger partial charge in [-0.15, -0.1) is 0 Å². The molecule has 3 atom stereocenters. The van der Waals surface area contributed by atoms with E-state index in [0.717, 1.165) is 15.6 Å². The molecule has 0 aromatic heterocycles. The highest BCUT2D eigenvalue weighted by Crippen LogP contribution is 2.52. The van der Waals surface area contributed by atoms with Gasteiger partial charge in [-0.3, -0.25) is 4.79 Å². The highest BCUT2D eigenvalue weighted by molar-refractivity contribution is 9.10. The molecule has 3 rings (SSSR count). The number of halogens is 1. The van der Waals surface area contributed by atoms with Gasteiger partial charge in [0.05, 0.1) is 24.2 Å². The number of nitrogens with one attached hydrogen (secondary N) is 1. The summed E-state index contributed by atoms with van der Waals surface area (Å²) in [5.41, 5.74) is 0.357. The number of nitrogens with zero attached hydrogens (tertiary/aromatic N) is 2. The van der Waals surface area contributed by atoms with Crippen LogP contribution in [0.25, 0.3) is 0 Å². The van der Waals surface area contributed by atoms with Crippen molar-refractivity contribution in [2.45, 2.75) is 18.0 Å². The molecule has 0 amide bonds. The smallest absolute Gasteiger partial charge is 0.293 e. The third-order valence-electron chi connectivity index (χ3n) is 4.78. The molecule has 0 aliphatic carbocycles. The van der Waals surface area contributed by atoms with Gasteiger partial charge in [0.15, 0.2) is 5.41 Å². The van der Waals surface area contributed by atoms with E-state index in [1.54, 1.807) is 0 Å². The predicted molar refractivity (Wildman–Crippen MR) is 98.7 cm³/mol. The molecule has 0 spiro atoms. The van der Waals surface area contributed by atoms with Crippen molar-refractivity contribution >= 4 is 22.4 Å². The summed E-state index contributed by atoms with van der Waals surface area (Å²) >= 11 is 3.44. The van der Waals surface area contributed by atoms with Gasteiger partial charge in [0.2, 0.25) is 0 Å². The summed E-state index contributed by atoms with van der Waals surface area (Å²) in [6.45, 7) is 0.468. The first-order valence-corrected chi connectivity index (χ1v) is 8.89. The summed E-state index contributed by atoms with van der Waals surface area (Å²) in [5.74, 6) is -0.442. The number of hydrogen-bond acceptors (Lipinski definition) is 5. The van der Waals surface area contributed by atoms with Crippen LogP contribution in [0.15, 0.2) is 59.1 Å². The van der Waals surface area contributed by atoms with Crippen LogP contribution in [0.3, 0.4) is 0 Å². The molecule has 26 heavy (non-hydrogen) atoms. The van der Waals surface area contributed by atoms with Crippen LogP contribution in [0.1, 0.15) is 23.1 Å². The number of rotatable bonds is 5. The van der Waals surface area contributed by atoms with Gasteiger partial charge in [-0.1, -0.05) is 58.4 Å². The van der Waals surface area contributed by atoms with Crippen molar-refractivity contribution in [3.63, 3.8) is 0 Å². The number of carbonyl (C=O) groups is 1. The molecule has 6 heteroatoms. The Balaban J connectivity index is 2.13. The Morgan fingerprint density at radius 1 is 1.12 bits per heavy atom. The summed E-state index contributed by atoms with van der Waals surface area (Å²) < 4.78 is 5.85. The lowest BCUT2D eigenvalue weighted by Gasteiger charge is -2.28. The third-order valence-corrected chi connectivity index (χ3v) is 5.28. The van der Waals surface area contributed by atoms with Crippen LogP contribution in [0.4, 0.5) is 0 Å². The third kappa shape index (κ3) is 3.10. The monoisotopic (exact) mass is 409 g/mol. The second-order valence-electron chi connectivity index (χ2n) is 6.17. The highest BCUT2D eigenvalue weighted by atomic mass is 79.9. The Morgan fingerprint density at radius 2 is 1.81 bits per heavy atom. The summed E-state index contributed by atoms with van der Waals surface area (Å²) in [7, 11) is 0. The first kappa shape index (κ1) is 18.1. The molecule has 0 saturated carbocycles. The average Bonchev–Trinajstić information content (AvgIpc) is 3.01. The van der Waals surface area contributed by atoms with Crippen molar-refractivity contribution in [3.8, 4) is 12.1 Å². The number of ether oxygens (including phenoxy) is 1. The largest absolute Gasteiger partial charge is 0.466 e. The van der Waals surface area contributed by atoms with Gasteiger partial charge in [-0.2, -0.15) is 10.5 Å². The quantitative estimate of drug-likeness (QED) is 0.764. The maximum atomic E-state index is 10.7. The molecule has 3 unspecified atom stereocenters. The van der Waals surface area contributed by atoms with E-state index in [9.17, 15) is 15.3 Å². The van der Waals surface area contributed by atoms with Crippen LogP contribution in [-0.4, -0.2) is 19.1 Å². The van der Waals surface area contributed by atoms with Crippen LogP contribution < -0.4 is 5.32 Å². The number of hydrogen-bond donors (Lipinski definition) is 1. The fourth-order valence-electron chi connectivity index (χ4n) is 3.72. The minimum atomic E-state index is -1.33. The van der Waals surface area contributed by atoms with Crippen LogP contribution >= 0.6 is 15.9 Å². The molecule has 1 saturated heterocycles. The molecule has 2 aromatic rings. The maximum Gasteiger partial charge on any atom is 0.293 e. The van der Waals surface area contributed by atoms with Crippen LogP contribution in [-0.2, 0) is 9.53 Å². The average molecular weight is 410 g/mol. The van der Waals surface area contributed by atoms with Gasteiger partial charge in [0, 0.05) is 10.4 Å². The van der Waals surface area contributed by atoms with Gasteiger partial charge < -0.3 is 10.1 Å². The van der Waals surface area contributed by atoms with E-state index in [4.69, 9.17) is 4.74 Å². The summed E-state index contributed by atoms with van der Waals surface area (Å²) in [4.78, 5) is 10.7. The number of nitriles is 2. The van der Waals surface area contributed by atoms with E-state index in [2.05, 4.69) is 33.4 Å². The topological polar surface area (TPSA) is 85.9 Å². The zero-order valence-corrected chi connectivity index (χ0v) is 15.4. The summed E-state index contributed by atoms with van der Waals surface area (Å²) in [5, 5.41) is 23.5. The molecule has 1 N–H and O–H groups in total. The van der Waals surface area contributed by atoms with Gasteiger partial charge in [0.1, 0.15) is 6.61 Å². The van der Waals surface area contributed by atoms with E-state index < -0.39 is 17.4 Å². The Labute approximate surface area is 160 Å². The lowest BCUT2D eigenvalue weighted by Crippen LogP contribution is -2.32. The van der Waals surface area contributed by atoms with Crippen molar-refractivity contribution in [1.29, 1.82) is 10.5 Å². The molecule has 1 fully saturated rings. The molecular weight excluding hydrogens is 394 g/mol. The van der Waals surface area contributed by atoms with Crippen LogP contribution in [0.2, 0.25) is 0 Å². The molecule has 1 aliphatic rings. The lowest BCUT2D eigenvalue weighted by atomic mass is 9.69. The van der Waals surface area contributed by atoms with Crippen LogP contribution in [0, 0.1) is 28.1 Å². The Hall–Kier alpha value is -2.67. The van der Waals surface area contributed by atoms with E-state index in [-0.39, 0.29) is 12.6 Å². The molecular formula is C20H16BrN3O2. The van der Waals surface area contributed by atoms with Gasteiger partial charge in [0.25, 0.3) is 6.47 Å². The van der Waals surface area contributed by atoms with E-state index in [0.29, 0.717) is 6.47 Å². The van der Waals surface area contributed by atoms with Crippen molar-refractivity contribution in [2.75, 3.05) is 6.61 Å². The molecule has 130 valence electrons. The van der Waals surface area contributed by atoms with Crippen molar-refractivity contribution < 1.29 is 9.53 Å². The molecule has 2 aromatic carbocycles. The molecule has 1 aliphatic heterocycles. The van der Waals surface area contributed by atoms with E-state index in [1.165, 1.54) is 0 Å². The second kappa shape index (κ2) is 7.70. The van der Waals surface area contributed by atoms with Crippen molar-refractivity contribution in [3.05, 3.63) is 70.2 Å². The molecule has 1 heterocycles. The minimum Gasteiger partial charge on any atom is -0.466 e. The fraction of sp³-hybridized carbons (Fsp3) is 0.250. The Bertz CT molecular complexity index is 859. The van der Waals surface area contributed by atoms with E-state index >= 15 is 0 Å². The van der Waals surface area contributed by atoms with Crippen molar-refractivity contribution in [2.24, 2.45) is 5.41 Å². The van der Waals surface area contributed by atoms with Crippen molar-refractivity contribution in [1.82, 2.24) is 5.32 Å². The summed E-state index contributed by atoms with van der Waals surface area (Å²) in [6.07, 6.45) is 0. The van der Waals surface area contributed by atoms with Crippen LogP contribution in [0.5, 0.6) is 0 Å².